The Bertz CT molecular complexity index is 823. The Balaban J connectivity index is 1.57. The van der Waals surface area contributed by atoms with Crippen LogP contribution in [0.3, 0.4) is 0 Å². The summed E-state index contributed by atoms with van der Waals surface area (Å²) in [6.07, 6.45) is 1.54. The van der Waals surface area contributed by atoms with Crippen molar-refractivity contribution in [3.63, 3.8) is 0 Å². The van der Waals surface area contributed by atoms with Gasteiger partial charge in [-0.05, 0) is 6.92 Å². The Labute approximate surface area is 144 Å². The van der Waals surface area contributed by atoms with Crippen molar-refractivity contribution in [1.82, 2.24) is 19.9 Å². The maximum atomic E-state index is 5.88. The third-order valence-corrected chi connectivity index (χ3v) is 4.91. The molecule has 1 aromatic carbocycles. The summed E-state index contributed by atoms with van der Waals surface area (Å²) in [5.74, 6) is 1.37. The van der Waals surface area contributed by atoms with Crippen LogP contribution in [0.2, 0.25) is 0 Å². The summed E-state index contributed by atoms with van der Waals surface area (Å²) in [6, 6.07) is 9.94. The SMILES string of the molecule is Cc1csc([C@@H]2CN(c3ncnc(-c4ccccc4)n3)CCO2)n1. The highest BCUT2D eigenvalue weighted by Gasteiger charge is 2.26. The summed E-state index contributed by atoms with van der Waals surface area (Å²) >= 11 is 1.64. The average molecular weight is 339 g/mol. The molecule has 0 bridgehead atoms. The Hall–Kier alpha value is -2.38. The van der Waals surface area contributed by atoms with Crippen molar-refractivity contribution in [2.24, 2.45) is 0 Å². The molecule has 1 atom stereocenters. The topological polar surface area (TPSA) is 64.0 Å². The maximum absolute atomic E-state index is 5.88. The molecule has 0 amide bonds. The normalized spacial score (nSPS) is 17.9. The first-order chi connectivity index (χ1) is 11.8. The zero-order chi connectivity index (χ0) is 16.4. The molecule has 7 heteroatoms. The highest BCUT2D eigenvalue weighted by molar-refractivity contribution is 7.09. The van der Waals surface area contributed by atoms with Gasteiger partial charge < -0.3 is 9.64 Å². The summed E-state index contributed by atoms with van der Waals surface area (Å²) in [5, 5.41) is 3.06. The number of thiazole rings is 1. The fourth-order valence-electron chi connectivity index (χ4n) is 2.67. The van der Waals surface area contributed by atoms with Gasteiger partial charge >= 0.3 is 0 Å². The minimum atomic E-state index is -0.0330. The lowest BCUT2D eigenvalue weighted by atomic mass is 10.2. The van der Waals surface area contributed by atoms with Gasteiger partial charge in [0.25, 0.3) is 0 Å². The van der Waals surface area contributed by atoms with Gasteiger partial charge in [0.05, 0.1) is 13.2 Å². The van der Waals surface area contributed by atoms with Crippen LogP contribution >= 0.6 is 11.3 Å². The number of ether oxygens (including phenoxy) is 1. The van der Waals surface area contributed by atoms with E-state index in [1.54, 1.807) is 17.7 Å². The monoisotopic (exact) mass is 339 g/mol. The molecule has 2 aromatic heterocycles. The molecule has 0 aliphatic carbocycles. The predicted molar refractivity (Wildman–Crippen MR) is 93.0 cm³/mol. The lowest BCUT2D eigenvalue weighted by molar-refractivity contribution is 0.0390. The molecule has 1 aliphatic heterocycles. The van der Waals surface area contributed by atoms with Gasteiger partial charge in [0.15, 0.2) is 5.82 Å². The van der Waals surface area contributed by atoms with Gasteiger partial charge in [0.1, 0.15) is 17.4 Å². The average Bonchev–Trinajstić information content (AvgIpc) is 3.09. The number of benzene rings is 1. The number of anilines is 1. The molecule has 1 fully saturated rings. The third-order valence-electron chi connectivity index (χ3n) is 3.85. The standard InChI is InChI=1S/C17H17N5OS/c1-12-10-24-16(20-12)14-9-22(7-8-23-14)17-19-11-18-15(21-17)13-5-3-2-4-6-13/h2-6,10-11,14H,7-9H2,1H3/t14-/m0/s1. The zero-order valence-corrected chi connectivity index (χ0v) is 14.1. The second kappa shape index (κ2) is 6.62. The second-order valence-electron chi connectivity index (χ2n) is 5.61. The van der Waals surface area contributed by atoms with E-state index in [-0.39, 0.29) is 6.10 Å². The predicted octanol–water partition coefficient (Wildman–Crippen LogP) is 2.88. The van der Waals surface area contributed by atoms with Crippen LogP contribution in [0, 0.1) is 6.92 Å². The number of rotatable bonds is 3. The Kier molecular flexibility index (Phi) is 4.18. The Morgan fingerprint density at radius 1 is 1.17 bits per heavy atom. The van der Waals surface area contributed by atoms with Crippen molar-refractivity contribution >= 4 is 17.3 Å². The largest absolute Gasteiger partial charge is 0.367 e. The molecular weight excluding hydrogens is 322 g/mol. The van der Waals surface area contributed by atoms with E-state index in [0.29, 0.717) is 24.9 Å². The van der Waals surface area contributed by atoms with Gasteiger partial charge in [-0.3, -0.25) is 0 Å². The number of aryl methyl sites for hydroxylation is 1. The molecule has 1 aliphatic rings. The molecule has 3 heterocycles. The molecule has 0 spiro atoms. The van der Waals surface area contributed by atoms with Crippen molar-refractivity contribution in [2.75, 3.05) is 24.6 Å². The van der Waals surface area contributed by atoms with Gasteiger partial charge in [-0.1, -0.05) is 30.3 Å². The molecule has 0 unspecified atom stereocenters. The summed E-state index contributed by atoms with van der Waals surface area (Å²) in [5.41, 5.74) is 2.02. The number of morpholine rings is 1. The van der Waals surface area contributed by atoms with E-state index in [0.717, 1.165) is 22.8 Å². The minimum absolute atomic E-state index is 0.0330. The lowest BCUT2D eigenvalue weighted by Gasteiger charge is -2.31. The lowest BCUT2D eigenvalue weighted by Crippen LogP contribution is -2.39. The van der Waals surface area contributed by atoms with Crippen LogP contribution in [-0.2, 0) is 4.74 Å². The quantitative estimate of drug-likeness (QED) is 0.731. The summed E-state index contributed by atoms with van der Waals surface area (Å²) < 4.78 is 5.88. The minimum Gasteiger partial charge on any atom is -0.367 e. The molecule has 0 radical (unpaired) electrons. The van der Waals surface area contributed by atoms with E-state index in [2.05, 4.69) is 24.8 Å². The maximum Gasteiger partial charge on any atom is 0.229 e. The number of hydrogen-bond donors (Lipinski definition) is 0. The van der Waals surface area contributed by atoms with E-state index >= 15 is 0 Å². The molecule has 6 nitrogen and oxygen atoms in total. The van der Waals surface area contributed by atoms with Crippen molar-refractivity contribution in [2.45, 2.75) is 13.0 Å². The van der Waals surface area contributed by atoms with Crippen molar-refractivity contribution in [3.8, 4) is 11.4 Å². The van der Waals surface area contributed by atoms with Crippen molar-refractivity contribution in [1.29, 1.82) is 0 Å². The van der Waals surface area contributed by atoms with Gasteiger partial charge in [-0.15, -0.1) is 11.3 Å². The summed E-state index contributed by atoms with van der Waals surface area (Å²) in [6.45, 7) is 4.10. The van der Waals surface area contributed by atoms with Crippen LogP contribution < -0.4 is 4.90 Å². The van der Waals surface area contributed by atoms with Crippen LogP contribution in [0.25, 0.3) is 11.4 Å². The van der Waals surface area contributed by atoms with Crippen LogP contribution in [0.1, 0.15) is 16.8 Å². The fraction of sp³-hybridized carbons (Fsp3) is 0.294. The second-order valence-corrected chi connectivity index (χ2v) is 6.50. The molecule has 122 valence electrons. The molecule has 1 saturated heterocycles. The molecule has 4 rings (SSSR count). The smallest absolute Gasteiger partial charge is 0.229 e. The first-order valence-electron chi connectivity index (χ1n) is 7.82. The number of nitrogens with zero attached hydrogens (tertiary/aromatic N) is 5. The van der Waals surface area contributed by atoms with Gasteiger partial charge in [-0.2, -0.15) is 4.98 Å². The van der Waals surface area contributed by atoms with Crippen LogP contribution in [-0.4, -0.2) is 39.6 Å². The zero-order valence-electron chi connectivity index (χ0n) is 13.3. The Morgan fingerprint density at radius 2 is 2.04 bits per heavy atom. The first kappa shape index (κ1) is 15.2. The first-order valence-corrected chi connectivity index (χ1v) is 8.70. The highest BCUT2D eigenvalue weighted by atomic mass is 32.1. The highest BCUT2D eigenvalue weighted by Crippen LogP contribution is 2.27. The summed E-state index contributed by atoms with van der Waals surface area (Å²) in [7, 11) is 0. The fourth-order valence-corrected chi connectivity index (χ4v) is 3.50. The number of hydrogen-bond acceptors (Lipinski definition) is 7. The van der Waals surface area contributed by atoms with E-state index in [9.17, 15) is 0 Å². The summed E-state index contributed by atoms with van der Waals surface area (Å²) in [4.78, 5) is 20.0. The Morgan fingerprint density at radius 3 is 2.83 bits per heavy atom. The molecule has 3 aromatic rings. The van der Waals surface area contributed by atoms with Crippen LogP contribution in [0.4, 0.5) is 5.95 Å². The molecule has 0 N–H and O–H groups in total. The van der Waals surface area contributed by atoms with E-state index in [1.165, 1.54) is 0 Å². The van der Waals surface area contributed by atoms with E-state index < -0.39 is 0 Å². The number of aromatic nitrogens is 4. The van der Waals surface area contributed by atoms with E-state index in [1.807, 2.05) is 42.6 Å². The van der Waals surface area contributed by atoms with Crippen molar-refractivity contribution < 1.29 is 4.74 Å². The molecule has 0 saturated carbocycles. The van der Waals surface area contributed by atoms with Gasteiger partial charge in [-0.25, -0.2) is 15.0 Å². The van der Waals surface area contributed by atoms with Gasteiger partial charge in [0.2, 0.25) is 5.95 Å². The van der Waals surface area contributed by atoms with Gasteiger partial charge in [0, 0.05) is 23.2 Å². The van der Waals surface area contributed by atoms with Crippen molar-refractivity contribution in [3.05, 3.63) is 52.7 Å². The van der Waals surface area contributed by atoms with Crippen LogP contribution in [0.15, 0.2) is 42.0 Å². The third kappa shape index (κ3) is 3.13. The molecule has 24 heavy (non-hydrogen) atoms. The molecular formula is C17H17N5OS. The van der Waals surface area contributed by atoms with E-state index in [4.69, 9.17) is 4.74 Å². The van der Waals surface area contributed by atoms with Crippen LogP contribution in [0.5, 0.6) is 0 Å².